The normalized spacial score (nSPS) is 14.2. The third kappa shape index (κ3) is 11.0. The minimum Gasteiger partial charge on any atom is -0.456 e. The second-order valence-corrected chi connectivity index (χ2v) is 25.2. The highest BCUT2D eigenvalue weighted by Gasteiger charge is 2.33. The van der Waals surface area contributed by atoms with Crippen LogP contribution in [0.25, 0.3) is 21.8 Å². The van der Waals surface area contributed by atoms with E-state index in [9.17, 15) is 31.2 Å². The fourth-order valence-corrected chi connectivity index (χ4v) is 9.21. The number of halogens is 3. The third-order valence-corrected chi connectivity index (χ3v) is 14.0. The van der Waals surface area contributed by atoms with Crippen molar-refractivity contribution in [1.29, 1.82) is 0 Å². The first kappa shape index (κ1) is 46.1. The number of fused-ring (bicyclic) bond motifs is 2. The summed E-state index contributed by atoms with van der Waals surface area (Å²) in [6, 6.07) is 25.6. The molecule has 0 saturated carbocycles. The number of alkyl halides is 3. The maximum absolute atomic E-state index is 13.6. The Morgan fingerprint density at radius 2 is 1.48 bits per heavy atom. The molecule has 338 valence electrons. The van der Waals surface area contributed by atoms with Crippen molar-refractivity contribution in [2.24, 2.45) is 0 Å². The van der Waals surface area contributed by atoms with E-state index in [1.54, 1.807) is 75.4 Å². The van der Waals surface area contributed by atoms with Crippen LogP contribution in [0.4, 0.5) is 35.2 Å². The van der Waals surface area contributed by atoms with Gasteiger partial charge < -0.3 is 34.3 Å². The molecule has 0 unspecified atom stereocenters. The molecule has 4 aromatic carbocycles. The lowest BCUT2D eigenvalue weighted by Crippen LogP contribution is -2.51. The van der Waals surface area contributed by atoms with Crippen LogP contribution in [0.15, 0.2) is 108 Å². The zero-order valence-electron chi connectivity index (χ0n) is 36.5. The standard InChI is InChI=1S/C46H51F3N6O7SSi/c1-45(2,3)62-44(57)53-22-24-55(25-23-53)63(58,59)34-18-16-32(17-19-34)50-41-29-40(38-20-21-54(42(38)52-41)30-60-26-27-64(4,5)6)61-39-15-9-12-35-36(39)13-8-14-37(35)43(56)51-33-11-7-10-31(28-33)46(47,48)49/h7-21,28-29H,22-27,30H2,1-6H3,(H,50,52)(H,51,56). The molecule has 0 aliphatic carbocycles. The van der Waals surface area contributed by atoms with Crippen molar-refractivity contribution in [2.75, 3.05) is 43.4 Å². The lowest BCUT2D eigenvalue weighted by atomic mass is 10.0. The molecule has 2 N–H and O–H groups in total. The average Bonchev–Trinajstić information content (AvgIpc) is 3.64. The molecule has 0 atom stereocenters. The quantitative estimate of drug-likeness (QED) is 0.0854. The van der Waals surface area contributed by atoms with Gasteiger partial charge in [-0.05, 0) is 92.9 Å². The second-order valence-electron chi connectivity index (χ2n) is 17.7. The number of nitrogens with one attached hydrogen (secondary N) is 2. The van der Waals surface area contributed by atoms with Crippen molar-refractivity contribution in [3.8, 4) is 11.5 Å². The number of rotatable bonds is 13. The van der Waals surface area contributed by atoms with Gasteiger partial charge in [0.05, 0.1) is 15.8 Å². The summed E-state index contributed by atoms with van der Waals surface area (Å²) in [5.41, 5.74) is -0.194. The van der Waals surface area contributed by atoms with Crippen molar-refractivity contribution < 1.29 is 45.4 Å². The molecule has 64 heavy (non-hydrogen) atoms. The Kier molecular flexibility index (Phi) is 13.1. The van der Waals surface area contributed by atoms with Crippen LogP contribution in [0.3, 0.4) is 0 Å². The number of benzene rings is 4. The number of carbonyl (C=O) groups is 2. The van der Waals surface area contributed by atoms with Crippen LogP contribution in [0.2, 0.25) is 25.7 Å². The number of pyridine rings is 1. The Bertz CT molecular complexity index is 2780. The summed E-state index contributed by atoms with van der Waals surface area (Å²) in [6.07, 6.45) is -3.19. The van der Waals surface area contributed by atoms with Gasteiger partial charge in [-0.1, -0.05) is 50.0 Å². The number of anilines is 3. The summed E-state index contributed by atoms with van der Waals surface area (Å²) in [4.78, 5) is 32.6. The van der Waals surface area contributed by atoms with Crippen LogP contribution in [0.1, 0.15) is 36.7 Å². The number of sulfonamides is 1. The van der Waals surface area contributed by atoms with Crippen LogP contribution in [0.5, 0.6) is 11.5 Å². The number of ether oxygens (including phenoxy) is 3. The topological polar surface area (TPSA) is 144 Å². The van der Waals surface area contributed by atoms with Gasteiger partial charge in [0.2, 0.25) is 10.0 Å². The van der Waals surface area contributed by atoms with Crippen LogP contribution < -0.4 is 15.4 Å². The molecule has 0 radical (unpaired) electrons. The minimum absolute atomic E-state index is 0.00359. The predicted molar refractivity (Wildman–Crippen MR) is 244 cm³/mol. The van der Waals surface area contributed by atoms with Gasteiger partial charge in [-0.3, -0.25) is 4.79 Å². The number of piperazine rings is 1. The number of hydrogen-bond acceptors (Lipinski definition) is 9. The molecule has 0 spiro atoms. The number of hydrogen-bond donors (Lipinski definition) is 2. The highest BCUT2D eigenvalue weighted by molar-refractivity contribution is 7.89. The molecule has 13 nitrogen and oxygen atoms in total. The van der Waals surface area contributed by atoms with E-state index in [-0.39, 0.29) is 49.1 Å². The first-order chi connectivity index (χ1) is 30.1. The molecule has 1 aliphatic rings. The van der Waals surface area contributed by atoms with Crippen molar-refractivity contribution in [1.82, 2.24) is 18.8 Å². The minimum atomic E-state index is -4.57. The van der Waals surface area contributed by atoms with Gasteiger partial charge in [0.1, 0.15) is 35.3 Å². The largest absolute Gasteiger partial charge is 0.456 e. The van der Waals surface area contributed by atoms with E-state index in [2.05, 4.69) is 30.3 Å². The van der Waals surface area contributed by atoms with Gasteiger partial charge in [-0.2, -0.15) is 17.5 Å². The van der Waals surface area contributed by atoms with E-state index >= 15 is 0 Å². The number of amides is 2. The van der Waals surface area contributed by atoms with Crippen molar-refractivity contribution >= 4 is 69.1 Å². The van der Waals surface area contributed by atoms with Gasteiger partial charge in [0, 0.05) is 75.4 Å². The molecular weight excluding hydrogens is 866 g/mol. The predicted octanol–water partition coefficient (Wildman–Crippen LogP) is 10.6. The molecule has 2 aromatic heterocycles. The van der Waals surface area contributed by atoms with Crippen LogP contribution in [-0.4, -0.2) is 85.6 Å². The summed E-state index contributed by atoms with van der Waals surface area (Å²) < 4.78 is 88.9. The zero-order valence-corrected chi connectivity index (χ0v) is 38.3. The monoisotopic (exact) mass is 916 g/mol. The molecule has 6 aromatic rings. The molecule has 18 heteroatoms. The highest BCUT2D eigenvalue weighted by Crippen LogP contribution is 2.38. The highest BCUT2D eigenvalue weighted by atomic mass is 32.2. The summed E-state index contributed by atoms with van der Waals surface area (Å²) in [6.45, 7) is 13.7. The summed E-state index contributed by atoms with van der Waals surface area (Å²) in [5, 5.41) is 7.65. The van der Waals surface area contributed by atoms with Gasteiger partial charge in [-0.15, -0.1) is 0 Å². The fourth-order valence-electron chi connectivity index (χ4n) is 7.03. The molecule has 0 bridgehead atoms. The Hall–Kier alpha value is -5.95. The molecule has 7 rings (SSSR count). The lowest BCUT2D eigenvalue weighted by molar-refractivity contribution is -0.137. The summed E-state index contributed by atoms with van der Waals surface area (Å²) in [7, 11) is -5.21. The van der Waals surface area contributed by atoms with Gasteiger partial charge in [-0.25, -0.2) is 18.2 Å². The number of carbonyl (C=O) groups excluding carboxylic acids is 2. The van der Waals surface area contributed by atoms with E-state index in [0.717, 1.165) is 18.2 Å². The van der Waals surface area contributed by atoms with E-state index in [1.807, 2.05) is 16.8 Å². The molecule has 1 fully saturated rings. The van der Waals surface area contributed by atoms with Gasteiger partial charge >= 0.3 is 12.3 Å². The molecule has 1 aliphatic heterocycles. The van der Waals surface area contributed by atoms with Crippen LogP contribution in [0, 0.1) is 0 Å². The fraction of sp³-hybridized carbons (Fsp3) is 0.326. The molecular formula is C46H51F3N6O7SSi. The van der Waals surface area contributed by atoms with Crippen molar-refractivity contribution in [2.45, 2.75) is 69.9 Å². The maximum Gasteiger partial charge on any atom is 0.416 e. The summed E-state index contributed by atoms with van der Waals surface area (Å²) >= 11 is 0. The van der Waals surface area contributed by atoms with E-state index in [4.69, 9.17) is 19.2 Å². The second kappa shape index (κ2) is 18.3. The van der Waals surface area contributed by atoms with Crippen molar-refractivity contribution in [3.63, 3.8) is 0 Å². The van der Waals surface area contributed by atoms with Crippen LogP contribution in [-0.2, 0) is 32.4 Å². The number of aromatic nitrogens is 2. The molecule has 3 heterocycles. The Labute approximate surface area is 371 Å². The summed E-state index contributed by atoms with van der Waals surface area (Å²) in [5.74, 6) is 0.625. The lowest BCUT2D eigenvalue weighted by Gasteiger charge is -2.35. The van der Waals surface area contributed by atoms with E-state index in [1.165, 1.54) is 33.5 Å². The smallest absolute Gasteiger partial charge is 0.416 e. The Balaban J connectivity index is 1.14. The third-order valence-electron chi connectivity index (χ3n) is 10.4. The van der Waals surface area contributed by atoms with E-state index in [0.29, 0.717) is 51.4 Å². The SMILES string of the molecule is CC(C)(C)OC(=O)N1CCN(S(=O)(=O)c2ccc(Nc3cc(Oc4cccc5c(C(=O)Nc6cccc(C(F)(F)F)c6)cccc45)c4ccn(COCC[Si](C)(C)C)c4n3)cc2)CC1. The molecule has 1 saturated heterocycles. The number of nitrogens with zero attached hydrogens (tertiary/aromatic N) is 4. The molecule has 2 amide bonds. The maximum atomic E-state index is 13.6. The van der Waals surface area contributed by atoms with E-state index < -0.39 is 47.4 Å². The van der Waals surface area contributed by atoms with Gasteiger partial charge in [0.15, 0.2) is 0 Å². The van der Waals surface area contributed by atoms with Gasteiger partial charge in [0.25, 0.3) is 5.91 Å². The Morgan fingerprint density at radius 3 is 2.17 bits per heavy atom. The average molecular weight is 917 g/mol. The first-order valence-corrected chi connectivity index (χ1v) is 25.9. The van der Waals surface area contributed by atoms with Crippen LogP contribution >= 0.6 is 0 Å². The van der Waals surface area contributed by atoms with Crippen molar-refractivity contribution in [3.05, 3.63) is 114 Å². The first-order valence-electron chi connectivity index (χ1n) is 20.8. The zero-order chi connectivity index (χ0) is 46.0. The Morgan fingerprint density at radius 1 is 0.797 bits per heavy atom.